The van der Waals surface area contributed by atoms with Crippen LogP contribution in [0.25, 0.3) is 0 Å². The summed E-state index contributed by atoms with van der Waals surface area (Å²) in [4.78, 5) is 25.7. The third kappa shape index (κ3) is 4.84. The van der Waals surface area contributed by atoms with Crippen LogP contribution in [0, 0.1) is 0 Å². The van der Waals surface area contributed by atoms with E-state index in [-0.39, 0.29) is 30.3 Å². The van der Waals surface area contributed by atoms with Gasteiger partial charge in [-0.3, -0.25) is 14.3 Å². The number of nitrogens with one attached hydrogen (secondary N) is 3. The Morgan fingerprint density at radius 1 is 1.07 bits per heavy atom. The van der Waals surface area contributed by atoms with Crippen molar-refractivity contribution in [2.45, 2.75) is 56.5 Å². The van der Waals surface area contributed by atoms with Gasteiger partial charge in [-0.1, -0.05) is 19.3 Å². The molecule has 30 heavy (non-hydrogen) atoms. The van der Waals surface area contributed by atoms with Crippen molar-refractivity contribution < 1.29 is 9.59 Å². The van der Waals surface area contributed by atoms with E-state index in [1.807, 2.05) is 12.3 Å². The Bertz CT molecular complexity index is 826. The van der Waals surface area contributed by atoms with Crippen molar-refractivity contribution >= 4 is 29.9 Å². The van der Waals surface area contributed by atoms with Gasteiger partial charge < -0.3 is 16.0 Å². The van der Waals surface area contributed by atoms with E-state index in [1.165, 1.54) is 19.3 Å². The molecule has 1 saturated heterocycles. The van der Waals surface area contributed by atoms with Gasteiger partial charge in [-0.15, -0.1) is 12.4 Å². The number of carbonyl (C=O) groups excluding carboxylic acids is 2. The summed E-state index contributed by atoms with van der Waals surface area (Å²) >= 11 is 0. The second kappa shape index (κ2) is 10.1. The van der Waals surface area contributed by atoms with Crippen molar-refractivity contribution in [3.63, 3.8) is 0 Å². The standard InChI is InChI=1S/C22H29N5O2.ClH/c28-20(25-18-5-2-1-3-6-18)17-7-9-19(10-8-17)26-21(29)22(11-14-23-15-12-22)27-16-4-13-24-27;/h4,7-10,13,16,18,23H,1-3,5-6,11-12,14-15H2,(H,25,28)(H,26,29);1H. The van der Waals surface area contributed by atoms with Crippen molar-refractivity contribution in [2.24, 2.45) is 0 Å². The third-order valence-corrected chi connectivity index (χ3v) is 6.14. The van der Waals surface area contributed by atoms with Gasteiger partial charge in [0.05, 0.1) is 0 Å². The van der Waals surface area contributed by atoms with Crippen LogP contribution in [0.3, 0.4) is 0 Å². The highest BCUT2D eigenvalue weighted by atomic mass is 35.5. The number of piperidine rings is 1. The molecule has 0 unspecified atom stereocenters. The Kier molecular flexibility index (Phi) is 7.50. The van der Waals surface area contributed by atoms with Gasteiger partial charge in [0, 0.05) is 29.7 Å². The van der Waals surface area contributed by atoms with E-state index < -0.39 is 5.54 Å². The summed E-state index contributed by atoms with van der Waals surface area (Å²) in [5.74, 6) is -0.108. The normalized spacial score (nSPS) is 18.8. The summed E-state index contributed by atoms with van der Waals surface area (Å²) in [6, 6.07) is 9.27. The minimum atomic E-state index is -0.689. The number of anilines is 1. The largest absolute Gasteiger partial charge is 0.349 e. The molecule has 3 N–H and O–H groups in total. The first-order valence-electron chi connectivity index (χ1n) is 10.6. The van der Waals surface area contributed by atoms with E-state index in [2.05, 4.69) is 21.0 Å². The lowest BCUT2D eigenvalue weighted by Gasteiger charge is -2.36. The lowest BCUT2D eigenvalue weighted by atomic mass is 9.87. The van der Waals surface area contributed by atoms with Crippen LogP contribution in [0.15, 0.2) is 42.7 Å². The van der Waals surface area contributed by atoms with E-state index in [1.54, 1.807) is 35.1 Å². The molecule has 162 valence electrons. The van der Waals surface area contributed by atoms with E-state index >= 15 is 0 Å². The van der Waals surface area contributed by atoms with Gasteiger partial charge >= 0.3 is 0 Å². The second-order valence-corrected chi connectivity index (χ2v) is 8.07. The molecule has 1 saturated carbocycles. The van der Waals surface area contributed by atoms with Crippen LogP contribution in [0.4, 0.5) is 5.69 Å². The molecule has 2 heterocycles. The Balaban J connectivity index is 0.00000256. The van der Waals surface area contributed by atoms with Crippen LogP contribution in [-0.4, -0.2) is 40.7 Å². The number of benzene rings is 1. The fraction of sp³-hybridized carbons (Fsp3) is 0.500. The second-order valence-electron chi connectivity index (χ2n) is 8.07. The zero-order valence-corrected chi connectivity index (χ0v) is 17.9. The average molecular weight is 432 g/mol. The quantitative estimate of drug-likeness (QED) is 0.678. The minimum absolute atomic E-state index is 0. The van der Waals surface area contributed by atoms with Gasteiger partial charge in [0.15, 0.2) is 0 Å². The Morgan fingerprint density at radius 2 is 1.77 bits per heavy atom. The Morgan fingerprint density at radius 3 is 2.40 bits per heavy atom. The molecule has 0 radical (unpaired) electrons. The number of rotatable bonds is 5. The van der Waals surface area contributed by atoms with Crippen molar-refractivity contribution in [2.75, 3.05) is 18.4 Å². The monoisotopic (exact) mass is 431 g/mol. The summed E-state index contributed by atoms with van der Waals surface area (Å²) in [6.45, 7) is 1.54. The minimum Gasteiger partial charge on any atom is -0.349 e. The topological polar surface area (TPSA) is 88.1 Å². The maximum Gasteiger partial charge on any atom is 0.252 e. The molecule has 0 spiro atoms. The number of nitrogens with zero attached hydrogens (tertiary/aromatic N) is 2. The molecule has 0 atom stereocenters. The molecule has 1 aromatic heterocycles. The number of amides is 2. The summed E-state index contributed by atoms with van der Waals surface area (Å²) in [7, 11) is 0. The Labute approximate surface area is 183 Å². The molecule has 2 fully saturated rings. The molecular weight excluding hydrogens is 402 g/mol. The predicted molar refractivity (Wildman–Crippen MR) is 119 cm³/mol. The highest BCUT2D eigenvalue weighted by molar-refractivity contribution is 5.98. The molecular formula is C22H30ClN5O2. The smallest absolute Gasteiger partial charge is 0.252 e. The lowest BCUT2D eigenvalue weighted by Crippen LogP contribution is -2.52. The van der Waals surface area contributed by atoms with Gasteiger partial charge in [-0.2, -0.15) is 5.10 Å². The van der Waals surface area contributed by atoms with Gasteiger partial charge in [-0.25, -0.2) is 0 Å². The van der Waals surface area contributed by atoms with E-state index in [4.69, 9.17) is 0 Å². The van der Waals surface area contributed by atoms with Gasteiger partial charge in [0.2, 0.25) is 0 Å². The fourth-order valence-electron chi connectivity index (χ4n) is 4.39. The molecule has 1 aliphatic carbocycles. The Hall–Kier alpha value is -2.38. The van der Waals surface area contributed by atoms with Crippen LogP contribution >= 0.6 is 12.4 Å². The summed E-state index contributed by atoms with van der Waals surface area (Å²) < 4.78 is 1.77. The van der Waals surface area contributed by atoms with Crippen molar-refractivity contribution in [3.05, 3.63) is 48.3 Å². The SMILES string of the molecule is Cl.O=C(NC1CCCCC1)c1ccc(NC(=O)C2(n3cccn3)CCNCC2)cc1. The maximum absolute atomic E-state index is 13.2. The molecule has 8 heteroatoms. The first-order valence-corrected chi connectivity index (χ1v) is 10.6. The summed E-state index contributed by atoms with van der Waals surface area (Å²) in [6.07, 6.45) is 10.7. The predicted octanol–water partition coefficient (Wildman–Crippen LogP) is 3.08. The molecule has 4 rings (SSSR count). The number of hydrogen-bond acceptors (Lipinski definition) is 4. The van der Waals surface area contributed by atoms with Crippen LogP contribution in [-0.2, 0) is 10.3 Å². The van der Waals surface area contributed by atoms with Crippen molar-refractivity contribution in [1.82, 2.24) is 20.4 Å². The molecule has 1 aliphatic heterocycles. The van der Waals surface area contributed by atoms with Crippen LogP contribution in [0.5, 0.6) is 0 Å². The first-order chi connectivity index (χ1) is 14.2. The molecule has 0 bridgehead atoms. The highest BCUT2D eigenvalue weighted by Gasteiger charge is 2.42. The zero-order valence-electron chi connectivity index (χ0n) is 17.1. The average Bonchev–Trinajstić information content (AvgIpc) is 3.31. The molecule has 2 aromatic rings. The van der Waals surface area contributed by atoms with E-state index in [9.17, 15) is 9.59 Å². The summed E-state index contributed by atoms with van der Waals surface area (Å²) in [5.41, 5.74) is 0.623. The van der Waals surface area contributed by atoms with Crippen molar-refractivity contribution in [3.8, 4) is 0 Å². The van der Waals surface area contributed by atoms with Crippen LogP contribution in [0.2, 0.25) is 0 Å². The highest BCUT2D eigenvalue weighted by Crippen LogP contribution is 2.29. The number of aromatic nitrogens is 2. The molecule has 7 nitrogen and oxygen atoms in total. The lowest BCUT2D eigenvalue weighted by molar-refractivity contribution is -0.126. The third-order valence-electron chi connectivity index (χ3n) is 6.14. The van der Waals surface area contributed by atoms with Crippen LogP contribution < -0.4 is 16.0 Å². The molecule has 1 aromatic carbocycles. The number of halogens is 1. The summed E-state index contributed by atoms with van der Waals surface area (Å²) in [5, 5.41) is 13.8. The fourth-order valence-corrected chi connectivity index (χ4v) is 4.39. The van der Waals surface area contributed by atoms with Gasteiger partial charge in [-0.05, 0) is 69.1 Å². The van der Waals surface area contributed by atoms with Gasteiger partial charge in [0.1, 0.15) is 5.54 Å². The van der Waals surface area contributed by atoms with Crippen LogP contribution in [0.1, 0.15) is 55.3 Å². The number of carbonyl (C=O) groups is 2. The van der Waals surface area contributed by atoms with Crippen molar-refractivity contribution in [1.29, 1.82) is 0 Å². The van der Waals surface area contributed by atoms with E-state index in [0.717, 1.165) is 25.9 Å². The van der Waals surface area contributed by atoms with Gasteiger partial charge in [0.25, 0.3) is 11.8 Å². The molecule has 2 aliphatic rings. The van der Waals surface area contributed by atoms with E-state index in [0.29, 0.717) is 24.1 Å². The molecule has 2 amide bonds. The first kappa shape index (κ1) is 22.3. The zero-order chi connectivity index (χ0) is 20.1. The maximum atomic E-state index is 13.2. The number of hydrogen-bond donors (Lipinski definition) is 3.